The number of phosphoric acid groups is 2. The topological polar surface area (TPSA) is 237 Å². The zero-order valence-electron chi connectivity index (χ0n) is 63.4. The highest BCUT2D eigenvalue weighted by Gasteiger charge is 2.30. The van der Waals surface area contributed by atoms with Crippen LogP contribution < -0.4 is 0 Å². The van der Waals surface area contributed by atoms with Crippen molar-refractivity contribution in [2.24, 2.45) is 11.8 Å². The van der Waals surface area contributed by atoms with Crippen LogP contribution >= 0.6 is 15.6 Å². The van der Waals surface area contributed by atoms with E-state index in [9.17, 15) is 43.2 Å². The molecule has 0 spiro atoms. The SMILES string of the molecule is CCCCCCCCCCCCCCCCC(=O)OC[C@H](COP(=O)(O)OC[C@@H](O)COP(=O)(O)OC[C@@H](COC(=O)CCCCCCCCCC)OC(=O)CCCCCCCCCCCCC(C)C)OC(=O)CCCCCCCCCCCCCCCCCCCCC(C)CC. The van der Waals surface area contributed by atoms with Crippen LogP contribution in [0.25, 0.3) is 0 Å². The Hall–Kier alpha value is -1.94. The predicted octanol–water partition coefficient (Wildman–Crippen LogP) is 23.1. The molecule has 0 bridgehead atoms. The van der Waals surface area contributed by atoms with Crippen LogP contribution in [0.15, 0.2) is 0 Å². The summed E-state index contributed by atoms with van der Waals surface area (Å²) in [5.41, 5.74) is 0. The summed E-state index contributed by atoms with van der Waals surface area (Å²) < 4.78 is 68.5. The molecule has 19 heteroatoms. The lowest BCUT2D eigenvalue weighted by Gasteiger charge is -2.21. The molecule has 3 unspecified atom stereocenters. The van der Waals surface area contributed by atoms with Gasteiger partial charge in [-0.15, -0.1) is 0 Å². The zero-order valence-corrected chi connectivity index (χ0v) is 65.2. The normalized spacial score (nSPS) is 14.2. The summed E-state index contributed by atoms with van der Waals surface area (Å²) in [6, 6.07) is 0. The Bertz CT molecular complexity index is 1870. The monoisotopic (exact) mass is 1420 g/mol. The number of unbranched alkanes of at least 4 members (excludes halogenated alkanes) is 46. The van der Waals surface area contributed by atoms with Crippen molar-refractivity contribution >= 4 is 39.5 Å². The zero-order chi connectivity index (χ0) is 71.4. The highest BCUT2D eigenvalue weighted by atomic mass is 31.2. The van der Waals surface area contributed by atoms with Crippen LogP contribution in [0.1, 0.15) is 408 Å². The minimum Gasteiger partial charge on any atom is -0.462 e. The smallest absolute Gasteiger partial charge is 0.462 e. The number of aliphatic hydroxyl groups excluding tert-OH is 1. The van der Waals surface area contributed by atoms with Crippen molar-refractivity contribution in [1.82, 2.24) is 0 Å². The Kier molecular flexibility index (Phi) is 68.4. The molecule has 3 N–H and O–H groups in total. The number of hydrogen-bond donors (Lipinski definition) is 3. The van der Waals surface area contributed by atoms with Crippen molar-refractivity contribution in [1.29, 1.82) is 0 Å². The lowest BCUT2D eigenvalue weighted by molar-refractivity contribution is -0.161. The standard InChI is InChI=1S/C78H152O17P2/c1-7-10-12-14-16-18-19-20-28-31-37-43-49-55-61-76(81)89-67-74(95-77(82)62-56-50-44-38-32-29-26-24-22-21-23-25-27-30-36-41-47-53-59-71(6)9-3)69-93-97(86,87)91-65-72(79)64-90-96(84,85)92-68-73(66-88-75(80)60-54-48-42-17-15-13-11-8-2)94-78(83)63-57-51-45-39-34-33-35-40-46-52-58-70(4)5/h70-74,79H,7-69H2,1-6H3,(H,84,85)(H,86,87)/t71?,72-,73+,74+/m0/s1. The molecule has 0 fully saturated rings. The Morgan fingerprint density at radius 2 is 0.526 bits per heavy atom. The number of carbonyl (C=O) groups is 4. The molecular weight excluding hydrogens is 1270 g/mol. The Morgan fingerprint density at radius 1 is 0.299 bits per heavy atom. The molecule has 17 nitrogen and oxygen atoms in total. The molecule has 0 rings (SSSR count). The van der Waals surface area contributed by atoms with Gasteiger partial charge in [-0.2, -0.15) is 0 Å². The van der Waals surface area contributed by atoms with Crippen LogP contribution in [0.4, 0.5) is 0 Å². The summed E-state index contributed by atoms with van der Waals surface area (Å²) in [7, 11) is -9.91. The number of esters is 4. The van der Waals surface area contributed by atoms with E-state index < -0.39 is 97.5 Å². The second-order valence-corrected chi connectivity index (χ2v) is 31.7. The van der Waals surface area contributed by atoms with Gasteiger partial charge in [-0.25, -0.2) is 9.13 Å². The van der Waals surface area contributed by atoms with Gasteiger partial charge in [-0.3, -0.25) is 37.3 Å². The highest BCUT2D eigenvalue weighted by molar-refractivity contribution is 7.47. The maximum Gasteiger partial charge on any atom is 0.472 e. The van der Waals surface area contributed by atoms with Crippen molar-refractivity contribution in [3.05, 3.63) is 0 Å². The number of carbonyl (C=O) groups excluding carboxylic acids is 4. The number of rotatable bonds is 77. The second-order valence-electron chi connectivity index (χ2n) is 28.8. The molecule has 0 aromatic rings. The van der Waals surface area contributed by atoms with E-state index in [4.69, 9.17) is 37.0 Å². The fourth-order valence-corrected chi connectivity index (χ4v) is 13.6. The maximum atomic E-state index is 13.1. The summed E-state index contributed by atoms with van der Waals surface area (Å²) in [6.07, 6.45) is 58.3. The summed E-state index contributed by atoms with van der Waals surface area (Å²) in [5, 5.41) is 10.6. The van der Waals surface area contributed by atoms with Gasteiger partial charge < -0.3 is 33.8 Å². The Morgan fingerprint density at radius 3 is 0.784 bits per heavy atom. The first-order valence-electron chi connectivity index (χ1n) is 40.5. The largest absolute Gasteiger partial charge is 0.472 e. The number of aliphatic hydroxyl groups is 1. The van der Waals surface area contributed by atoms with Gasteiger partial charge in [0.1, 0.15) is 19.3 Å². The third-order valence-electron chi connectivity index (χ3n) is 18.6. The summed E-state index contributed by atoms with van der Waals surface area (Å²) >= 11 is 0. The van der Waals surface area contributed by atoms with Gasteiger partial charge >= 0.3 is 39.5 Å². The van der Waals surface area contributed by atoms with Gasteiger partial charge in [0, 0.05) is 25.7 Å². The molecule has 0 aromatic carbocycles. The molecule has 0 heterocycles. The fraction of sp³-hybridized carbons (Fsp3) is 0.949. The summed E-state index contributed by atoms with van der Waals surface area (Å²) in [5.74, 6) is -0.492. The summed E-state index contributed by atoms with van der Waals surface area (Å²) in [4.78, 5) is 72.8. The van der Waals surface area contributed by atoms with Crippen LogP contribution in [0.3, 0.4) is 0 Å². The number of phosphoric ester groups is 2. The predicted molar refractivity (Wildman–Crippen MR) is 395 cm³/mol. The molecule has 0 aliphatic heterocycles. The molecule has 0 saturated heterocycles. The molecular formula is C78H152O17P2. The van der Waals surface area contributed by atoms with Crippen LogP contribution in [0, 0.1) is 11.8 Å². The van der Waals surface area contributed by atoms with Gasteiger partial charge in [-0.05, 0) is 37.5 Å². The van der Waals surface area contributed by atoms with Crippen LogP contribution in [0.2, 0.25) is 0 Å². The van der Waals surface area contributed by atoms with Crippen molar-refractivity contribution in [2.75, 3.05) is 39.6 Å². The second kappa shape index (κ2) is 69.8. The molecule has 0 aliphatic carbocycles. The molecule has 97 heavy (non-hydrogen) atoms. The molecule has 0 amide bonds. The summed E-state index contributed by atoms with van der Waals surface area (Å²) in [6.45, 7) is 9.64. The quantitative estimate of drug-likeness (QED) is 0.0222. The molecule has 0 radical (unpaired) electrons. The molecule has 0 aliphatic rings. The Labute approximate surface area is 594 Å². The van der Waals surface area contributed by atoms with E-state index in [-0.39, 0.29) is 25.7 Å². The van der Waals surface area contributed by atoms with Crippen molar-refractivity contribution in [3.63, 3.8) is 0 Å². The van der Waals surface area contributed by atoms with Gasteiger partial charge in [-0.1, -0.05) is 356 Å². The number of ether oxygens (including phenoxy) is 4. The van der Waals surface area contributed by atoms with Crippen molar-refractivity contribution in [3.8, 4) is 0 Å². The molecule has 6 atom stereocenters. The van der Waals surface area contributed by atoms with Crippen molar-refractivity contribution < 1.29 is 80.2 Å². The highest BCUT2D eigenvalue weighted by Crippen LogP contribution is 2.45. The van der Waals surface area contributed by atoms with E-state index in [0.717, 1.165) is 108 Å². The minimum absolute atomic E-state index is 0.106. The van der Waals surface area contributed by atoms with Gasteiger partial charge in [0.2, 0.25) is 0 Å². The van der Waals surface area contributed by atoms with E-state index >= 15 is 0 Å². The van der Waals surface area contributed by atoms with Crippen LogP contribution in [0.5, 0.6) is 0 Å². The van der Waals surface area contributed by atoms with E-state index in [1.807, 2.05) is 0 Å². The molecule has 576 valence electrons. The first-order valence-corrected chi connectivity index (χ1v) is 43.5. The van der Waals surface area contributed by atoms with Crippen LogP contribution in [-0.2, 0) is 65.4 Å². The maximum absolute atomic E-state index is 13.1. The van der Waals surface area contributed by atoms with Crippen LogP contribution in [-0.4, -0.2) is 96.7 Å². The van der Waals surface area contributed by atoms with E-state index in [1.165, 1.54) is 218 Å². The lowest BCUT2D eigenvalue weighted by atomic mass is 9.99. The lowest BCUT2D eigenvalue weighted by Crippen LogP contribution is -2.30. The van der Waals surface area contributed by atoms with E-state index in [0.29, 0.717) is 25.7 Å². The van der Waals surface area contributed by atoms with Gasteiger partial charge in [0.25, 0.3) is 0 Å². The van der Waals surface area contributed by atoms with Gasteiger partial charge in [0.15, 0.2) is 12.2 Å². The first-order chi connectivity index (χ1) is 46.9. The third-order valence-corrected chi connectivity index (χ3v) is 20.5. The van der Waals surface area contributed by atoms with E-state index in [2.05, 4.69) is 41.5 Å². The molecule has 0 aromatic heterocycles. The fourth-order valence-electron chi connectivity index (χ4n) is 12.0. The average molecular weight is 1420 g/mol. The van der Waals surface area contributed by atoms with Gasteiger partial charge in [0.05, 0.1) is 26.4 Å². The minimum atomic E-state index is -4.96. The first kappa shape index (κ1) is 95.1. The Balaban J connectivity index is 5.17. The molecule has 0 saturated carbocycles. The van der Waals surface area contributed by atoms with Crippen molar-refractivity contribution in [2.45, 2.75) is 426 Å². The average Bonchev–Trinajstić information content (AvgIpc) is 1.59. The third kappa shape index (κ3) is 70.9. The number of hydrogen-bond acceptors (Lipinski definition) is 15. The van der Waals surface area contributed by atoms with E-state index in [1.54, 1.807) is 0 Å².